The van der Waals surface area contributed by atoms with Gasteiger partial charge < -0.3 is 15.4 Å². The van der Waals surface area contributed by atoms with Crippen LogP contribution >= 0.6 is 0 Å². The molecule has 17 heavy (non-hydrogen) atoms. The molecule has 0 unspecified atom stereocenters. The monoisotopic (exact) mass is 230 g/mol. The number of ether oxygens (including phenoxy) is 1. The van der Waals surface area contributed by atoms with Gasteiger partial charge in [-0.15, -0.1) is 0 Å². The lowest BCUT2D eigenvalue weighted by molar-refractivity contribution is 0.415. The molecule has 0 aliphatic rings. The number of hydrogen-bond donors (Lipinski definition) is 1. The second kappa shape index (κ2) is 4.69. The third-order valence-electron chi connectivity index (χ3n) is 2.42. The Bertz CT molecular complexity index is 501. The molecule has 0 saturated heterocycles. The van der Waals surface area contributed by atoms with E-state index < -0.39 is 0 Å². The first-order chi connectivity index (χ1) is 8.22. The highest BCUT2D eigenvalue weighted by Gasteiger charge is 2.11. The Morgan fingerprint density at radius 3 is 2.59 bits per heavy atom. The molecule has 88 valence electrons. The number of methoxy groups -OCH3 is 1. The van der Waals surface area contributed by atoms with Crippen molar-refractivity contribution in [2.75, 3.05) is 24.8 Å². The molecule has 2 rings (SSSR count). The molecule has 0 fully saturated rings. The summed E-state index contributed by atoms with van der Waals surface area (Å²) in [6.45, 7) is 0. The van der Waals surface area contributed by atoms with Gasteiger partial charge in [0, 0.05) is 25.1 Å². The Kier molecular flexibility index (Phi) is 3.09. The van der Waals surface area contributed by atoms with Gasteiger partial charge in [-0.2, -0.15) is 0 Å². The van der Waals surface area contributed by atoms with Crippen molar-refractivity contribution in [2.45, 2.75) is 0 Å². The molecule has 0 aliphatic heterocycles. The minimum Gasteiger partial charge on any atom is -0.495 e. The number of nitrogens with two attached hydrogens (primary N) is 1. The van der Waals surface area contributed by atoms with Gasteiger partial charge in [-0.1, -0.05) is 0 Å². The Balaban J connectivity index is 2.43. The van der Waals surface area contributed by atoms with Crippen LogP contribution in [-0.2, 0) is 0 Å². The average Bonchev–Trinajstić information content (AvgIpc) is 2.39. The molecule has 0 spiro atoms. The SMILES string of the molecule is COc1ccc(N)cc1N(C)c1ncccn1. The number of hydrogen-bond acceptors (Lipinski definition) is 5. The molecular formula is C12H14N4O. The van der Waals surface area contributed by atoms with E-state index in [9.17, 15) is 0 Å². The number of anilines is 3. The van der Waals surface area contributed by atoms with Crippen molar-refractivity contribution in [3.8, 4) is 5.75 Å². The molecule has 1 aromatic heterocycles. The molecule has 0 radical (unpaired) electrons. The van der Waals surface area contributed by atoms with Crippen LogP contribution in [0.5, 0.6) is 5.75 Å². The Morgan fingerprint density at radius 1 is 1.24 bits per heavy atom. The third kappa shape index (κ3) is 2.28. The van der Waals surface area contributed by atoms with Crippen LogP contribution in [0.4, 0.5) is 17.3 Å². The number of nitrogen functional groups attached to an aromatic ring is 1. The molecule has 0 bridgehead atoms. The van der Waals surface area contributed by atoms with E-state index in [1.165, 1.54) is 0 Å². The Labute approximate surface area is 99.9 Å². The molecule has 0 atom stereocenters. The Morgan fingerprint density at radius 2 is 1.94 bits per heavy atom. The average molecular weight is 230 g/mol. The van der Waals surface area contributed by atoms with Gasteiger partial charge in [0.25, 0.3) is 0 Å². The lowest BCUT2D eigenvalue weighted by Crippen LogP contribution is -2.14. The zero-order chi connectivity index (χ0) is 12.3. The van der Waals surface area contributed by atoms with Gasteiger partial charge >= 0.3 is 0 Å². The van der Waals surface area contributed by atoms with Gasteiger partial charge in [0.15, 0.2) is 0 Å². The van der Waals surface area contributed by atoms with E-state index in [1.54, 1.807) is 31.6 Å². The fourth-order valence-electron chi connectivity index (χ4n) is 1.54. The summed E-state index contributed by atoms with van der Waals surface area (Å²) in [5.41, 5.74) is 7.28. The standard InChI is InChI=1S/C12H14N4O/c1-16(12-14-6-3-7-15-12)10-8-9(13)4-5-11(10)17-2/h3-8H,13H2,1-2H3. The van der Waals surface area contributed by atoms with Crippen molar-refractivity contribution in [3.05, 3.63) is 36.7 Å². The summed E-state index contributed by atoms with van der Waals surface area (Å²) in [6.07, 6.45) is 3.38. The van der Waals surface area contributed by atoms with E-state index in [2.05, 4.69) is 9.97 Å². The molecular weight excluding hydrogens is 216 g/mol. The first-order valence-corrected chi connectivity index (χ1v) is 5.16. The second-order valence-electron chi connectivity index (χ2n) is 3.54. The quantitative estimate of drug-likeness (QED) is 0.815. The Hall–Kier alpha value is -2.30. The largest absolute Gasteiger partial charge is 0.495 e. The predicted molar refractivity (Wildman–Crippen MR) is 67.5 cm³/mol. The summed E-state index contributed by atoms with van der Waals surface area (Å²) in [5, 5.41) is 0. The van der Waals surface area contributed by atoms with Crippen molar-refractivity contribution in [2.24, 2.45) is 0 Å². The highest BCUT2D eigenvalue weighted by atomic mass is 16.5. The first-order valence-electron chi connectivity index (χ1n) is 5.16. The number of nitrogens with zero attached hydrogens (tertiary/aromatic N) is 3. The van der Waals surface area contributed by atoms with Crippen LogP contribution in [-0.4, -0.2) is 24.1 Å². The van der Waals surface area contributed by atoms with Crippen molar-refractivity contribution >= 4 is 17.3 Å². The number of aromatic nitrogens is 2. The third-order valence-corrected chi connectivity index (χ3v) is 2.42. The highest BCUT2D eigenvalue weighted by Crippen LogP contribution is 2.32. The maximum Gasteiger partial charge on any atom is 0.229 e. The van der Waals surface area contributed by atoms with Gasteiger partial charge in [-0.25, -0.2) is 9.97 Å². The summed E-state index contributed by atoms with van der Waals surface area (Å²) in [5.74, 6) is 1.32. The van der Waals surface area contributed by atoms with E-state index in [0.29, 0.717) is 11.6 Å². The minimum atomic E-state index is 0.594. The zero-order valence-electron chi connectivity index (χ0n) is 9.79. The summed E-state index contributed by atoms with van der Waals surface area (Å²) >= 11 is 0. The van der Waals surface area contributed by atoms with Gasteiger partial charge in [0.1, 0.15) is 5.75 Å². The van der Waals surface area contributed by atoms with Crippen LogP contribution in [0.3, 0.4) is 0 Å². The second-order valence-corrected chi connectivity index (χ2v) is 3.54. The van der Waals surface area contributed by atoms with Crippen LogP contribution < -0.4 is 15.4 Å². The van der Waals surface area contributed by atoms with Crippen molar-refractivity contribution in [3.63, 3.8) is 0 Å². The summed E-state index contributed by atoms with van der Waals surface area (Å²) in [6, 6.07) is 7.22. The van der Waals surface area contributed by atoms with E-state index >= 15 is 0 Å². The summed E-state index contributed by atoms with van der Waals surface area (Å²) < 4.78 is 5.29. The summed E-state index contributed by atoms with van der Waals surface area (Å²) in [7, 11) is 3.49. The highest BCUT2D eigenvalue weighted by molar-refractivity contribution is 5.69. The van der Waals surface area contributed by atoms with Crippen molar-refractivity contribution < 1.29 is 4.74 Å². The fraction of sp³-hybridized carbons (Fsp3) is 0.167. The molecule has 1 aromatic carbocycles. The van der Waals surface area contributed by atoms with Crippen molar-refractivity contribution in [1.29, 1.82) is 0 Å². The van der Waals surface area contributed by atoms with Gasteiger partial charge in [-0.05, 0) is 24.3 Å². The van der Waals surface area contributed by atoms with Crippen LogP contribution in [0.1, 0.15) is 0 Å². The van der Waals surface area contributed by atoms with Crippen LogP contribution in [0.2, 0.25) is 0 Å². The van der Waals surface area contributed by atoms with E-state index in [1.807, 2.05) is 24.1 Å². The predicted octanol–water partition coefficient (Wildman–Crippen LogP) is 1.84. The molecule has 1 heterocycles. The topological polar surface area (TPSA) is 64.3 Å². The molecule has 0 amide bonds. The van der Waals surface area contributed by atoms with E-state index in [-0.39, 0.29) is 0 Å². The summed E-state index contributed by atoms with van der Waals surface area (Å²) in [4.78, 5) is 10.2. The van der Waals surface area contributed by atoms with Crippen LogP contribution in [0, 0.1) is 0 Å². The molecule has 5 heteroatoms. The van der Waals surface area contributed by atoms with Gasteiger partial charge in [-0.3, -0.25) is 0 Å². The normalized spacial score (nSPS) is 10.0. The molecule has 2 aromatic rings. The lowest BCUT2D eigenvalue weighted by Gasteiger charge is -2.19. The van der Waals surface area contributed by atoms with Crippen molar-refractivity contribution in [1.82, 2.24) is 9.97 Å². The van der Waals surface area contributed by atoms with Gasteiger partial charge in [0.2, 0.25) is 5.95 Å². The smallest absolute Gasteiger partial charge is 0.229 e. The molecule has 2 N–H and O–H groups in total. The number of benzene rings is 1. The van der Waals surface area contributed by atoms with E-state index in [4.69, 9.17) is 10.5 Å². The fourth-order valence-corrected chi connectivity index (χ4v) is 1.54. The van der Waals surface area contributed by atoms with Gasteiger partial charge in [0.05, 0.1) is 12.8 Å². The number of rotatable bonds is 3. The van der Waals surface area contributed by atoms with E-state index in [0.717, 1.165) is 11.4 Å². The van der Waals surface area contributed by atoms with Crippen LogP contribution in [0.15, 0.2) is 36.7 Å². The maximum atomic E-state index is 5.78. The maximum absolute atomic E-state index is 5.78. The van der Waals surface area contributed by atoms with Crippen LogP contribution in [0.25, 0.3) is 0 Å². The minimum absolute atomic E-state index is 0.594. The molecule has 0 saturated carbocycles. The first kappa shape index (κ1) is 11.2. The zero-order valence-corrected chi connectivity index (χ0v) is 9.79. The molecule has 0 aliphatic carbocycles. The lowest BCUT2D eigenvalue weighted by atomic mass is 10.2. The molecule has 5 nitrogen and oxygen atoms in total.